The van der Waals surface area contributed by atoms with Gasteiger partial charge in [0.1, 0.15) is 11.8 Å². The van der Waals surface area contributed by atoms with Gasteiger partial charge in [-0.3, -0.25) is 9.78 Å². The van der Waals surface area contributed by atoms with E-state index in [0.29, 0.717) is 22.3 Å². The Hall–Kier alpha value is -3.40. The van der Waals surface area contributed by atoms with E-state index in [1.807, 2.05) is 0 Å². The van der Waals surface area contributed by atoms with Crippen molar-refractivity contribution in [2.75, 3.05) is 5.32 Å². The maximum atomic E-state index is 13.0. The number of halogens is 3. The molecule has 10 heteroatoms. The summed E-state index contributed by atoms with van der Waals surface area (Å²) in [6, 6.07) is 8.09. The molecule has 6 nitrogen and oxygen atoms in total. The summed E-state index contributed by atoms with van der Waals surface area (Å²) >= 11 is 1.36. The Kier molecular flexibility index (Phi) is 4.93. The number of nitrogens with one attached hydrogen (secondary N) is 1. The average Bonchev–Trinajstić information content (AvgIpc) is 3.20. The van der Waals surface area contributed by atoms with E-state index in [0.717, 1.165) is 17.0 Å². The van der Waals surface area contributed by atoms with Gasteiger partial charge in [0, 0.05) is 16.6 Å². The molecule has 4 aromatic rings. The number of fused-ring (bicyclic) bond motifs is 1. The maximum Gasteiger partial charge on any atom is 0.416 e. The fourth-order valence-electron chi connectivity index (χ4n) is 2.71. The molecule has 29 heavy (non-hydrogen) atoms. The topological polar surface area (TPSA) is 80.7 Å². The quantitative estimate of drug-likeness (QED) is 0.536. The number of carbonyl (C=O) groups is 1. The van der Waals surface area contributed by atoms with Crippen LogP contribution >= 0.6 is 11.3 Å². The summed E-state index contributed by atoms with van der Waals surface area (Å²) in [6.45, 7) is 0. The maximum absolute atomic E-state index is 13.0. The largest absolute Gasteiger partial charge is 0.416 e. The lowest BCUT2D eigenvalue weighted by Gasteiger charge is -2.10. The van der Waals surface area contributed by atoms with Crippen LogP contribution in [0.4, 0.5) is 19.0 Å². The van der Waals surface area contributed by atoms with Crippen molar-refractivity contribution in [3.63, 3.8) is 0 Å². The van der Waals surface area contributed by atoms with Crippen LogP contribution in [0.15, 0.2) is 54.4 Å². The van der Waals surface area contributed by atoms with Crippen LogP contribution in [0.2, 0.25) is 0 Å². The van der Waals surface area contributed by atoms with E-state index < -0.39 is 11.7 Å². The third-order valence-electron chi connectivity index (χ3n) is 4.04. The first kappa shape index (κ1) is 18.9. The van der Waals surface area contributed by atoms with Crippen LogP contribution in [0, 0.1) is 0 Å². The highest BCUT2D eigenvalue weighted by Gasteiger charge is 2.30. The van der Waals surface area contributed by atoms with Gasteiger partial charge in [-0.15, -0.1) is 11.3 Å². The van der Waals surface area contributed by atoms with Crippen molar-refractivity contribution in [3.05, 3.63) is 64.9 Å². The predicted octanol–water partition coefficient (Wildman–Crippen LogP) is 4.35. The molecule has 146 valence electrons. The van der Waals surface area contributed by atoms with Crippen molar-refractivity contribution in [3.8, 4) is 11.3 Å². The molecule has 1 aromatic carbocycles. The molecule has 0 aliphatic heterocycles. The van der Waals surface area contributed by atoms with E-state index in [9.17, 15) is 18.0 Å². The highest BCUT2D eigenvalue weighted by Crippen LogP contribution is 2.32. The molecule has 0 unspecified atom stereocenters. The predicted molar refractivity (Wildman–Crippen MR) is 102 cm³/mol. The Morgan fingerprint density at radius 1 is 1.14 bits per heavy atom. The van der Waals surface area contributed by atoms with Gasteiger partial charge in [-0.05, 0) is 24.3 Å². The Morgan fingerprint density at radius 3 is 2.76 bits per heavy atom. The minimum absolute atomic E-state index is 0.128. The smallest absolute Gasteiger partial charge is 0.308 e. The molecule has 0 atom stereocenters. The number of benzene rings is 1. The van der Waals surface area contributed by atoms with Crippen molar-refractivity contribution in [2.24, 2.45) is 0 Å². The Bertz CT molecular complexity index is 1180. The van der Waals surface area contributed by atoms with Crippen LogP contribution in [0.25, 0.3) is 22.3 Å². The van der Waals surface area contributed by atoms with E-state index in [2.05, 4.69) is 25.3 Å². The fraction of sp³-hybridized carbons (Fsp3) is 0.105. The number of anilines is 1. The Morgan fingerprint density at radius 2 is 2.00 bits per heavy atom. The van der Waals surface area contributed by atoms with Crippen LogP contribution < -0.4 is 5.32 Å². The van der Waals surface area contributed by atoms with Crippen molar-refractivity contribution in [1.29, 1.82) is 0 Å². The number of aromatic nitrogens is 4. The first-order chi connectivity index (χ1) is 13.9. The van der Waals surface area contributed by atoms with Gasteiger partial charge < -0.3 is 5.32 Å². The summed E-state index contributed by atoms with van der Waals surface area (Å²) < 4.78 is 39.0. The molecule has 1 N–H and O–H groups in total. The van der Waals surface area contributed by atoms with E-state index >= 15 is 0 Å². The van der Waals surface area contributed by atoms with Gasteiger partial charge in [0.05, 0.1) is 28.7 Å². The zero-order chi connectivity index (χ0) is 20.4. The van der Waals surface area contributed by atoms with Gasteiger partial charge in [-0.25, -0.2) is 15.0 Å². The van der Waals surface area contributed by atoms with Gasteiger partial charge in [-0.2, -0.15) is 13.2 Å². The van der Waals surface area contributed by atoms with E-state index in [1.165, 1.54) is 29.8 Å². The highest BCUT2D eigenvalue weighted by molar-refractivity contribution is 7.09. The van der Waals surface area contributed by atoms with E-state index in [-0.39, 0.29) is 18.1 Å². The molecular formula is C19H12F3N5OS. The SMILES string of the molecule is O=C(Cc1cncs1)Nc1ncnc2ccc(-c3cccc(C(F)(F)F)c3)nc12. The second-order valence-electron chi connectivity index (χ2n) is 6.06. The number of thiazole rings is 1. The van der Waals surface area contributed by atoms with Gasteiger partial charge in [0.2, 0.25) is 5.91 Å². The lowest BCUT2D eigenvalue weighted by atomic mass is 10.1. The van der Waals surface area contributed by atoms with Crippen LogP contribution in [0.5, 0.6) is 0 Å². The molecule has 4 rings (SSSR count). The lowest BCUT2D eigenvalue weighted by molar-refractivity contribution is -0.137. The van der Waals surface area contributed by atoms with Crippen molar-refractivity contribution >= 4 is 34.1 Å². The number of nitrogens with zero attached hydrogens (tertiary/aromatic N) is 4. The second-order valence-corrected chi connectivity index (χ2v) is 7.03. The van der Waals surface area contributed by atoms with E-state index in [1.54, 1.807) is 23.8 Å². The number of rotatable bonds is 4. The van der Waals surface area contributed by atoms with Crippen molar-refractivity contribution in [1.82, 2.24) is 19.9 Å². The van der Waals surface area contributed by atoms with Gasteiger partial charge in [0.25, 0.3) is 0 Å². The number of hydrogen-bond acceptors (Lipinski definition) is 6. The fourth-order valence-corrected chi connectivity index (χ4v) is 3.30. The van der Waals surface area contributed by atoms with E-state index in [4.69, 9.17) is 0 Å². The summed E-state index contributed by atoms with van der Waals surface area (Å²) in [5.41, 5.74) is 2.23. The Balaban J connectivity index is 1.68. The Labute approximate surface area is 166 Å². The normalized spacial score (nSPS) is 11.6. The van der Waals surface area contributed by atoms with Crippen LogP contribution in [-0.2, 0) is 17.4 Å². The minimum atomic E-state index is -4.45. The third kappa shape index (κ3) is 4.21. The van der Waals surface area contributed by atoms with Gasteiger partial charge in [0.15, 0.2) is 5.82 Å². The van der Waals surface area contributed by atoms with Crippen LogP contribution in [-0.4, -0.2) is 25.8 Å². The first-order valence-electron chi connectivity index (χ1n) is 8.37. The van der Waals surface area contributed by atoms with Crippen molar-refractivity contribution < 1.29 is 18.0 Å². The molecule has 0 fully saturated rings. The molecular weight excluding hydrogens is 403 g/mol. The summed E-state index contributed by atoms with van der Waals surface area (Å²) in [7, 11) is 0. The van der Waals surface area contributed by atoms with Crippen LogP contribution in [0.1, 0.15) is 10.4 Å². The zero-order valence-corrected chi connectivity index (χ0v) is 15.5. The molecule has 1 amide bonds. The lowest BCUT2D eigenvalue weighted by Crippen LogP contribution is -2.15. The molecule has 0 saturated carbocycles. The average molecular weight is 415 g/mol. The number of carbonyl (C=O) groups excluding carboxylic acids is 1. The number of hydrogen-bond donors (Lipinski definition) is 1. The molecule has 0 bridgehead atoms. The number of pyridine rings is 1. The molecule has 0 aliphatic carbocycles. The summed E-state index contributed by atoms with van der Waals surface area (Å²) in [5.74, 6) is -0.112. The number of amides is 1. The summed E-state index contributed by atoms with van der Waals surface area (Å²) in [6.07, 6.45) is -1.43. The minimum Gasteiger partial charge on any atom is -0.308 e. The number of alkyl halides is 3. The molecule has 0 aliphatic rings. The molecule has 3 heterocycles. The molecule has 0 saturated heterocycles. The highest BCUT2D eigenvalue weighted by atomic mass is 32.1. The molecule has 0 radical (unpaired) electrons. The standard InChI is InChI=1S/C19H12F3N5OS/c20-19(21,22)12-3-1-2-11(6-12)14-4-5-15-17(26-14)18(25-9-24-15)27-16(28)7-13-8-23-10-29-13/h1-6,8-10H,7H2,(H,24,25,27,28). The first-order valence-corrected chi connectivity index (χ1v) is 9.25. The summed E-state index contributed by atoms with van der Waals surface area (Å²) in [4.78, 5) is 29.6. The summed E-state index contributed by atoms with van der Waals surface area (Å²) in [5, 5.41) is 2.68. The second kappa shape index (κ2) is 7.55. The molecule has 0 spiro atoms. The molecule has 3 aromatic heterocycles. The van der Waals surface area contributed by atoms with Crippen molar-refractivity contribution in [2.45, 2.75) is 12.6 Å². The van der Waals surface area contributed by atoms with Gasteiger partial charge >= 0.3 is 6.18 Å². The van der Waals surface area contributed by atoms with Gasteiger partial charge in [-0.1, -0.05) is 12.1 Å². The van der Waals surface area contributed by atoms with Crippen LogP contribution in [0.3, 0.4) is 0 Å². The third-order valence-corrected chi connectivity index (χ3v) is 4.82. The monoisotopic (exact) mass is 415 g/mol. The zero-order valence-electron chi connectivity index (χ0n) is 14.6.